The zero-order valence-corrected chi connectivity index (χ0v) is 18.7. The maximum atomic E-state index is 12.7. The summed E-state index contributed by atoms with van der Waals surface area (Å²) >= 11 is 0. The molecular formula is C23H28O5Si. The van der Waals surface area contributed by atoms with Crippen molar-refractivity contribution < 1.29 is 18.3 Å². The first-order valence-electron chi connectivity index (χ1n) is 10.1. The van der Waals surface area contributed by atoms with Crippen molar-refractivity contribution in [1.29, 1.82) is 0 Å². The third-order valence-electron chi connectivity index (χ3n) is 6.03. The highest BCUT2D eigenvalue weighted by Gasteiger charge is 2.39. The molecule has 0 amide bonds. The molecule has 29 heavy (non-hydrogen) atoms. The van der Waals surface area contributed by atoms with Gasteiger partial charge in [0.25, 0.3) is 0 Å². The average molecular weight is 413 g/mol. The smallest absolute Gasteiger partial charge is 0.344 e. The SMILES string of the molecule is CC(C)(C)[Si](C)(C)Oc1ccc2c(c1)oc(=O)c1cc(OC3CCOC3)ccc12. The van der Waals surface area contributed by atoms with E-state index in [2.05, 4.69) is 33.9 Å². The number of hydrogen-bond donors (Lipinski definition) is 0. The highest BCUT2D eigenvalue weighted by Crippen LogP contribution is 2.38. The van der Waals surface area contributed by atoms with E-state index >= 15 is 0 Å². The number of rotatable bonds is 4. The lowest BCUT2D eigenvalue weighted by atomic mass is 10.1. The molecule has 0 aliphatic carbocycles. The fourth-order valence-electron chi connectivity index (χ4n) is 3.27. The average Bonchev–Trinajstić information content (AvgIpc) is 3.13. The van der Waals surface area contributed by atoms with E-state index in [0.29, 0.717) is 29.9 Å². The molecule has 1 fully saturated rings. The molecule has 1 atom stereocenters. The van der Waals surface area contributed by atoms with Gasteiger partial charge in [-0.25, -0.2) is 4.79 Å². The van der Waals surface area contributed by atoms with Crippen LogP contribution in [0.25, 0.3) is 21.7 Å². The van der Waals surface area contributed by atoms with Gasteiger partial charge in [-0.1, -0.05) is 20.8 Å². The molecular weight excluding hydrogens is 384 g/mol. The lowest BCUT2D eigenvalue weighted by Gasteiger charge is -2.36. The maximum Gasteiger partial charge on any atom is 0.344 e. The molecule has 0 bridgehead atoms. The molecule has 6 heteroatoms. The molecule has 4 rings (SSSR count). The van der Waals surface area contributed by atoms with Crippen LogP contribution in [-0.2, 0) is 4.74 Å². The Labute approximate surface area is 171 Å². The first-order valence-corrected chi connectivity index (χ1v) is 13.0. The molecule has 0 radical (unpaired) electrons. The van der Waals surface area contributed by atoms with Gasteiger partial charge >= 0.3 is 5.63 Å². The number of ether oxygens (including phenoxy) is 2. The van der Waals surface area contributed by atoms with Crippen molar-refractivity contribution in [3.8, 4) is 11.5 Å². The van der Waals surface area contributed by atoms with E-state index in [0.717, 1.165) is 22.9 Å². The predicted molar refractivity (Wildman–Crippen MR) is 118 cm³/mol. The van der Waals surface area contributed by atoms with E-state index in [1.807, 2.05) is 30.3 Å². The summed E-state index contributed by atoms with van der Waals surface area (Å²) in [6.07, 6.45) is 0.899. The van der Waals surface area contributed by atoms with Crippen LogP contribution in [0, 0.1) is 0 Å². The van der Waals surface area contributed by atoms with Crippen molar-refractivity contribution in [2.24, 2.45) is 0 Å². The van der Waals surface area contributed by atoms with E-state index in [1.54, 1.807) is 6.07 Å². The second kappa shape index (κ2) is 7.18. The van der Waals surface area contributed by atoms with Crippen molar-refractivity contribution in [3.63, 3.8) is 0 Å². The van der Waals surface area contributed by atoms with Gasteiger partial charge in [-0.15, -0.1) is 0 Å². The standard InChI is InChI=1S/C23H28O5Si/c1-23(2,3)29(4,5)28-16-7-9-19-18-8-6-15(26-17-10-11-25-14-17)12-20(18)22(24)27-21(19)13-16/h6-9,12-13,17H,10-11,14H2,1-5H3. The van der Waals surface area contributed by atoms with E-state index < -0.39 is 8.32 Å². The fraction of sp³-hybridized carbons (Fsp3) is 0.435. The lowest BCUT2D eigenvalue weighted by Crippen LogP contribution is -2.43. The van der Waals surface area contributed by atoms with Crippen molar-refractivity contribution in [3.05, 3.63) is 46.8 Å². The highest BCUT2D eigenvalue weighted by molar-refractivity contribution is 6.74. The summed E-state index contributed by atoms with van der Waals surface area (Å²) < 4.78 is 23.3. The van der Waals surface area contributed by atoms with Crippen LogP contribution in [0.2, 0.25) is 18.1 Å². The molecule has 1 aliphatic rings. The van der Waals surface area contributed by atoms with Gasteiger partial charge in [-0.3, -0.25) is 0 Å². The topological polar surface area (TPSA) is 57.9 Å². The first kappa shape index (κ1) is 20.0. The van der Waals surface area contributed by atoms with E-state index in [1.165, 1.54) is 0 Å². The quantitative estimate of drug-likeness (QED) is 0.322. The van der Waals surface area contributed by atoms with Gasteiger partial charge in [-0.05, 0) is 48.5 Å². The summed E-state index contributed by atoms with van der Waals surface area (Å²) in [6, 6.07) is 11.3. The van der Waals surface area contributed by atoms with Crippen molar-refractivity contribution in [2.45, 2.75) is 51.4 Å². The summed E-state index contributed by atoms with van der Waals surface area (Å²) in [6.45, 7) is 12.3. The summed E-state index contributed by atoms with van der Waals surface area (Å²) in [7, 11) is -1.97. The molecule has 5 nitrogen and oxygen atoms in total. The Bertz CT molecular complexity index is 1100. The molecule has 1 aliphatic heterocycles. The zero-order valence-electron chi connectivity index (χ0n) is 17.7. The monoisotopic (exact) mass is 412 g/mol. The van der Waals surface area contributed by atoms with Gasteiger partial charge < -0.3 is 18.3 Å². The Balaban J connectivity index is 1.71. The fourth-order valence-corrected chi connectivity index (χ4v) is 4.30. The molecule has 0 saturated carbocycles. The normalized spacial score (nSPS) is 17.8. The van der Waals surface area contributed by atoms with E-state index in [4.69, 9.17) is 18.3 Å². The van der Waals surface area contributed by atoms with Crippen molar-refractivity contribution in [1.82, 2.24) is 0 Å². The van der Waals surface area contributed by atoms with Crippen LogP contribution >= 0.6 is 0 Å². The van der Waals surface area contributed by atoms with Gasteiger partial charge in [-0.2, -0.15) is 0 Å². The van der Waals surface area contributed by atoms with Crippen LogP contribution in [0.3, 0.4) is 0 Å². The Morgan fingerprint density at radius 2 is 1.72 bits per heavy atom. The molecule has 1 saturated heterocycles. The minimum atomic E-state index is -1.97. The van der Waals surface area contributed by atoms with Crippen LogP contribution in [-0.4, -0.2) is 27.6 Å². The Morgan fingerprint density at radius 3 is 2.41 bits per heavy atom. The Kier molecular flexibility index (Phi) is 4.95. The van der Waals surface area contributed by atoms with Gasteiger partial charge in [0.15, 0.2) is 0 Å². The summed E-state index contributed by atoms with van der Waals surface area (Å²) in [5, 5.41) is 2.35. The second-order valence-corrected chi connectivity index (χ2v) is 13.9. The van der Waals surface area contributed by atoms with Gasteiger partial charge in [0.1, 0.15) is 23.2 Å². The molecule has 1 unspecified atom stereocenters. The Morgan fingerprint density at radius 1 is 1.00 bits per heavy atom. The van der Waals surface area contributed by atoms with Crippen molar-refractivity contribution >= 4 is 30.1 Å². The van der Waals surface area contributed by atoms with Crippen LogP contribution in [0.5, 0.6) is 11.5 Å². The predicted octanol–water partition coefficient (Wildman–Crippen LogP) is 5.50. The molecule has 0 spiro atoms. The first-order chi connectivity index (χ1) is 13.6. The largest absolute Gasteiger partial charge is 0.543 e. The number of benzene rings is 2. The minimum absolute atomic E-state index is 0.0370. The number of fused-ring (bicyclic) bond motifs is 3. The summed E-state index contributed by atoms with van der Waals surface area (Å²) in [4.78, 5) is 12.7. The van der Waals surface area contributed by atoms with Gasteiger partial charge in [0.2, 0.25) is 8.32 Å². The summed E-state index contributed by atoms with van der Waals surface area (Å²) in [5.74, 6) is 1.41. The second-order valence-electron chi connectivity index (χ2n) is 9.22. The molecule has 2 aromatic carbocycles. The lowest BCUT2D eigenvalue weighted by molar-refractivity contribution is 0.141. The number of hydrogen-bond acceptors (Lipinski definition) is 5. The third-order valence-corrected chi connectivity index (χ3v) is 10.4. The van der Waals surface area contributed by atoms with Crippen LogP contribution in [0.4, 0.5) is 0 Å². The van der Waals surface area contributed by atoms with Crippen molar-refractivity contribution in [2.75, 3.05) is 13.2 Å². The van der Waals surface area contributed by atoms with E-state index in [9.17, 15) is 4.79 Å². The van der Waals surface area contributed by atoms with Gasteiger partial charge in [0.05, 0.1) is 18.6 Å². The zero-order chi connectivity index (χ0) is 20.8. The highest BCUT2D eigenvalue weighted by atomic mass is 28.4. The van der Waals surface area contributed by atoms with Crippen LogP contribution in [0.15, 0.2) is 45.6 Å². The molecule has 0 N–H and O–H groups in total. The molecule has 2 heterocycles. The van der Waals surface area contributed by atoms with E-state index in [-0.39, 0.29) is 16.8 Å². The maximum absolute atomic E-state index is 12.7. The minimum Gasteiger partial charge on any atom is -0.543 e. The Hall–Kier alpha value is -2.31. The molecule has 1 aromatic heterocycles. The molecule has 3 aromatic rings. The third kappa shape index (κ3) is 3.91. The summed E-state index contributed by atoms with van der Waals surface area (Å²) in [5.41, 5.74) is 0.168. The van der Waals surface area contributed by atoms with Gasteiger partial charge in [0, 0.05) is 23.3 Å². The van der Waals surface area contributed by atoms with Crippen LogP contribution in [0.1, 0.15) is 27.2 Å². The molecule has 154 valence electrons. The van der Waals surface area contributed by atoms with Crippen LogP contribution < -0.4 is 14.8 Å².